The number of nitrogens with two attached hydrogens (primary N) is 1. The number of halogens is 1. The number of anilines is 1. The number of hydrogen-bond acceptors (Lipinski definition) is 5. The first-order valence-electron chi connectivity index (χ1n) is 3.79. The number of ether oxygens (including phenoxy) is 1. The van der Waals surface area contributed by atoms with Crippen molar-refractivity contribution in [2.45, 2.75) is 6.92 Å². The van der Waals surface area contributed by atoms with Crippen molar-refractivity contribution in [2.24, 2.45) is 0 Å². The van der Waals surface area contributed by atoms with Crippen LogP contribution in [0.3, 0.4) is 0 Å². The molecule has 1 heterocycles. The van der Waals surface area contributed by atoms with Gasteiger partial charge in [0, 0.05) is 6.07 Å². The predicted octanol–water partition coefficient (Wildman–Crippen LogP) is 1.62. The molecule has 7 heteroatoms. The van der Waals surface area contributed by atoms with Crippen LogP contribution in [-0.4, -0.2) is 16.5 Å². The second kappa shape index (κ2) is 4.10. The second-order valence-corrected chi connectivity index (χ2v) is 2.77. The molecule has 0 bridgehead atoms. The van der Waals surface area contributed by atoms with E-state index in [1.807, 2.05) is 0 Å². The molecule has 1 aromatic rings. The molecule has 0 saturated heterocycles. The Morgan fingerprint density at radius 3 is 2.93 bits per heavy atom. The highest BCUT2D eigenvalue weighted by Crippen LogP contribution is 2.32. The molecular weight excluding hydrogens is 210 g/mol. The summed E-state index contributed by atoms with van der Waals surface area (Å²) in [5.74, 6) is -0.150. The van der Waals surface area contributed by atoms with Crippen LogP contribution in [0.5, 0.6) is 5.88 Å². The van der Waals surface area contributed by atoms with Gasteiger partial charge < -0.3 is 10.5 Å². The first-order chi connectivity index (χ1) is 6.56. The average molecular weight is 218 g/mol. The fourth-order valence-electron chi connectivity index (χ4n) is 0.923. The van der Waals surface area contributed by atoms with Gasteiger partial charge in [0.2, 0.25) is 0 Å². The highest BCUT2D eigenvalue weighted by molar-refractivity contribution is 6.29. The highest BCUT2D eigenvalue weighted by atomic mass is 35.5. The topological polar surface area (TPSA) is 91.3 Å². The molecule has 0 aliphatic rings. The number of pyridine rings is 1. The fraction of sp³-hybridized carbons (Fsp3) is 0.286. The van der Waals surface area contributed by atoms with E-state index >= 15 is 0 Å². The molecule has 0 saturated carbocycles. The number of nitrogens with zero attached hydrogens (tertiary/aromatic N) is 2. The van der Waals surface area contributed by atoms with Crippen LogP contribution in [0.4, 0.5) is 11.4 Å². The maximum Gasteiger partial charge on any atom is 0.353 e. The fourth-order valence-corrected chi connectivity index (χ4v) is 1.12. The molecule has 2 N–H and O–H groups in total. The van der Waals surface area contributed by atoms with Crippen molar-refractivity contribution < 1.29 is 9.66 Å². The van der Waals surface area contributed by atoms with Crippen LogP contribution < -0.4 is 10.5 Å². The summed E-state index contributed by atoms with van der Waals surface area (Å²) in [5.41, 5.74) is 5.00. The monoisotopic (exact) mass is 217 g/mol. The first kappa shape index (κ1) is 10.5. The molecule has 0 unspecified atom stereocenters. The number of aromatic nitrogens is 1. The quantitative estimate of drug-likeness (QED) is 0.472. The van der Waals surface area contributed by atoms with Crippen LogP contribution in [-0.2, 0) is 0 Å². The van der Waals surface area contributed by atoms with Crippen molar-refractivity contribution in [3.8, 4) is 5.88 Å². The zero-order chi connectivity index (χ0) is 10.7. The van der Waals surface area contributed by atoms with E-state index in [1.165, 1.54) is 6.07 Å². The first-order valence-corrected chi connectivity index (χ1v) is 4.17. The van der Waals surface area contributed by atoms with Gasteiger partial charge in [0.25, 0.3) is 5.88 Å². The van der Waals surface area contributed by atoms with Crippen LogP contribution in [0.25, 0.3) is 0 Å². The van der Waals surface area contributed by atoms with E-state index in [0.717, 1.165) is 0 Å². The largest absolute Gasteiger partial charge is 0.473 e. The zero-order valence-corrected chi connectivity index (χ0v) is 8.11. The van der Waals surface area contributed by atoms with Gasteiger partial charge in [-0.15, -0.1) is 0 Å². The van der Waals surface area contributed by atoms with E-state index < -0.39 is 4.92 Å². The van der Waals surface area contributed by atoms with E-state index in [0.29, 0.717) is 0 Å². The van der Waals surface area contributed by atoms with Crippen molar-refractivity contribution >= 4 is 23.0 Å². The van der Waals surface area contributed by atoms with Crippen LogP contribution in [0.2, 0.25) is 5.15 Å². The van der Waals surface area contributed by atoms with E-state index in [4.69, 9.17) is 22.1 Å². The van der Waals surface area contributed by atoms with Crippen molar-refractivity contribution in [1.82, 2.24) is 4.98 Å². The smallest absolute Gasteiger partial charge is 0.353 e. The SMILES string of the molecule is CCOc1nc(Cl)cc(N)c1[N+](=O)[O-]. The van der Waals surface area contributed by atoms with Gasteiger partial charge in [-0.25, -0.2) is 0 Å². The van der Waals surface area contributed by atoms with Crippen LogP contribution in [0, 0.1) is 10.1 Å². The van der Waals surface area contributed by atoms with Crippen molar-refractivity contribution in [2.75, 3.05) is 12.3 Å². The van der Waals surface area contributed by atoms with Crippen LogP contribution >= 0.6 is 11.6 Å². The molecule has 0 aliphatic carbocycles. The number of hydrogen-bond donors (Lipinski definition) is 1. The minimum absolute atomic E-state index is 0.0570. The van der Waals surface area contributed by atoms with E-state index in [2.05, 4.69) is 4.98 Å². The van der Waals surface area contributed by atoms with E-state index in [9.17, 15) is 10.1 Å². The Labute approximate surface area is 84.8 Å². The summed E-state index contributed by atoms with van der Waals surface area (Å²) >= 11 is 5.57. The predicted molar refractivity (Wildman–Crippen MR) is 51.5 cm³/mol. The molecule has 1 aromatic heterocycles. The molecule has 0 spiro atoms. The lowest BCUT2D eigenvalue weighted by Gasteiger charge is -2.04. The van der Waals surface area contributed by atoms with Gasteiger partial charge in [-0.3, -0.25) is 10.1 Å². The molecule has 0 amide bonds. The van der Waals surface area contributed by atoms with Crippen LogP contribution in [0.15, 0.2) is 6.07 Å². The molecule has 76 valence electrons. The number of nitro groups is 1. The molecule has 0 fully saturated rings. The molecule has 0 radical (unpaired) electrons. The minimum atomic E-state index is -0.649. The van der Waals surface area contributed by atoms with Crippen molar-refractivity contribution in [1.29, 1.82) is 0 Å². The number of nitrogen functional groups attached to an aromatic ring is 1. The Hall–Kier alpha value is -1.56. The van der Waals surface area contributed by atoms with E-state index in [-0.39, 0.29) is 29.0 Å². The third kappa shape index (κ3) is 2.02. The highest BCUT2D eigenvalue weighted by Gasteiger charge is 2.22. The molecule has 0 aromatic carbocycles. The summed E-state index contributed by atoms with van der Waals surface area (Å²) in [4.78, 5) is 13.6. The van der Waals surface area contributed by atoms with Gasteiger partial charge in [0.15, 0.2) is 0 Å². The zero-order valence-electron chi connectivity index (χ0n) is 7.36. The molecule has 0 atom stereocenters. The van der Waals surface area contributed by atoms with Gasteiger partial charge in [0.05, 0.1) is 11.5 Å². The van der Waals surface area contributed by atoms with Gasteiger partial charge in [-0.1, -0.05) is 11.6 Å². The van der Waals surface area contributed by atoms with Gasteiger partial charge >= 0.3 is 5.69 Å². The van der Waals surface area contributed by atoms with E-state index in [1.54, 1.807) is 6.92 Å². The Balaban J connectivity index is 3.28. The standard InChI is InChI=1S/C7H8ClN3O3/c1-2-14-7-6(11(12)13)4(9)3-5(8)10-7/h3H,2H2,1H3,(H2,9,10). The summed E-state index contributed by atoms with van der Waals surface area (Å²) in [6.45, 7) is 1.94. The molecule has 14 heavy (non-hydrogen) atoms. The Morgan fingerprint density at radius 1 is 1.79 bits per heavy atom. The summed E-state index contributed by atoms with van der Waals surface area (Å²) in [6, 6.07) is 1.21. The Kier molecular flexibility index (Phi) is 3.08. The summed E-state index contributed by atoms with van der Waals surface area (Å²) in [5, 5.41) is 10.7. The summed E-state index contributed by atoms with van der Waals surface area (Å²) < 4.78 is 4.94. The third-order valence-electron chi connectivity index (χ3n) is 1.42. The maximum atomic E-state index is 10.6. The van der Waals surface area contributed by atoms with Crippen LogP contribution in [0.1, 0.15) is 6.92 Å². The Bertz CT molecular complexity index is 369. The summed E-state index contributed by atoms with van der Waals surface area (Å²) in [6.07, 6.45) is 0. The second-order valence-electron chi connectivity index (χ2n) is 2.38. The lowest BCUT2D eigenvalue weighted by atomic mass is 10.3. The lowest BCUT2D eigenvalue weighted by Crippen LogP contribution is -2.03. The van der Waals surface area contributed by atoms with Crippen molar-refractivity contribution in [3.05, 3.63) is 21.3 Å². The number of rotatable bonds is 3. The maximum absolute atomic E-state index is 10.6. The molecular formula is C7H8ClN3O3. The normalized spacial score (nSPS) is 9.86. The summed E-state index contributed by atoms with van der Waals surface area (Å²) in [7, 11) is 0. The molecule has 6 nitrogen and oxygen atoms in total. The van der Waals surface area contributed by atoms with Gasteiger partial charge in [0.1, 0.15) is 10.8 Å². The van der Waals surface area contributed by atoms with Gasteiger partial charge in [-0.2, -0.15) is 4.98 Å². The lowest BCUT2D eigenvalue weighted by molar-refractivity contribution is -0.385. The van der Waals surface area contributed by atoms with Crippen molar-refractivity contribution in [3.63, 3.8) is 0 Å². The average Bonchev–Trinajstić information content (AvgIpc) is 2.01. The third-order valence-corrected chi connectivity index (χ3v) is 1.62. The van der Waals surface area contributed by atoms with Gasteiger partial charge in [-0.05, 0) is 6.92 Å². The molecule has 0 aliphatic heterocycles. The molecule has 1 rings (SSSR count). The minimum Gasteiger partial charge on any atom is -0.473 e. The Morgan fingerprint density at radius 2 is 2.43 bits per heavy atom.